The molecule has 49 heavy (non-hydrogen) atoms. The van der Waals surface area contributed by atoms with Crippen LogP contribution in [0, 0.1) is 0 Å². The summed E-state index contributed by atoms with van der Waals surface area (Å²) in [6, 6.07) is 65.3. The highest BCUT2D eigenvalue weighted by Crippen LogP contribution is 2.62. The van der Waals surface area contributed by atoms with Crippen LogP contribution in [0.25, 0.3) is 53.2 Å². The van der Waals surface area contributed by atoms with Crippen molar-refractivity contribution in [2.24, 2.45) is 0 Å². The first-order valence-electron chi connectivity index (χ1n) is 16.9. The second kappa shape index (κ2) is 10.0. The van der Waals surface area contributed by atoms with Crippen molar-refractivity contribution in [2.45, 2.75) is 5.41 Å². The minimum atomic E-state index is -0.407. The molecule has 1 spiro atoms. The lowest BCUT2D eigenvalue weighted by Crippen LogP contribution is -2.31. The van der Waals surface area contributed by atoms with Gasteiger partial charge >= 0.3 is 0 Å². The number of hydrogen-bond acceptors (Lipinski definition) is 2. The molecule has 0 unspecified atom stereocenters. The van der Waals surface area contributed by atoms with Gasteiger partial charge in [-0.15, -0.1) is 11.3 Å². The van der Waals surface area contributed by atoms with Gasteiger partial charge in [0.15, 0.2) is 0 Å². The summed E-state index contributed by atoms with van der Waals surface area (Å²) in [6.07, 6.45) is 0. The molecule has 1 heterocycles. The highest BCUT2D eigenvalue weighted by molar-refractivity contribution is 7.25. The van der Waals surface area contributed by atoms with E-state index in [0.29, 0.717) is 0 Å². The second-order valence-corrected chi connectivity index (χ2v) is 14.3. The zero-order valence-corrected chi connectivity index (χ0v) is 27.4. The van der Waals surface area contributed by atoms with Crippen molar-refractivity contribution in [3.63, 3.8) is 0 Å². The van der Waals surface area contributed by atoms with Crippen LogP contribution in [0.3, 0.4) is 0 Å². The highest BCUT2D eigenvalue weighted by atomic mass is 32.1. The van der Waals surface area contributed by atoms with Crippen molar-refractivity contribution in [1.82, 2.24) is 0 Å². The van der Waals surface area contributed by atoms with E-state index >= 15 is 0 Å². The van der Waals surface area contributed by atoms with Crippen molar-refractivity contribution >= 4 is 59.3 Å². The number of hydrogen-bond donors (Lipinski definition) is 0. The molecule has 9 aromatic rings. The third-order valence-corrected chi connectivity index (χ3v) is 12.0. The van der Waals surface area contributed by atoms with Crippen LogP contribution in [-0.4, -0.2) is 0 Å². The summed E-state index contributed by atoms with van der Waals surface area (Å²) in [5.74, 6) is 0. The number of rotatable bonds is 3. The van der Waals surface area contributed by atoms with Gasteiger partial charge in [-0.25, -0.2) is 0 Å². The monoisotopic (exact) mass is 639 g/mol. The molecule has 0 saturated heterocycles. The average Bonchev–Trinajstić information content (AvgIpc) is 3.67. The fourth-order valence-corrected chi connectivity index (χ4v) is 10.1. The molecule has 1 aromatic heterocycles. The van der Waals surface area contributed by atoms with Gasteiger partial charge in [0.25, 0.3) is 0 Å². The van der Waals surface area contributed by atoms with Gasteiger partial charge in [0.05, 0.1) is 5.41 Å². The average molecular weight is 640 g/mol. The number of benzene rings is 8. The molecule has 0 radical (unpaired) electrons. The summed E-state index contributed by atoms with van der Waals surface area (Å²) in [7, 11) is 0. The van der Waals surface area contributed by atoms with Gasteiger partial charge in [0.1, 0.15) is 0 Å². The molecule has 0 bridgehead atoms. The topological polar surface area (TPSA) is 3.24 Å². The van der Waals surface area contributed by atoms with Crippen molar-refractivity contribution in [3.05, 3.63) is 198 Å². The van der Waals surface area contributed by atoms with Crippen LogP contribution in [0.5, 0.6) is 0 Å². The number of para-hydroxylation sites is 2. The minimum absolute atomic E-state index is 0.407. The maximum absolute atomic E-state index is 2.54. The fourth-order valence-electron chi connectivity index (χ4n) is 8.92. The molecule has 0 fully saturated rings. The van der Waals surface area contributed by atoms with E-state index in [9.17, 15) is 0 Å². The Labute approximate surface area is 289 Å². The number of thiophene rings is 1. The lowest BCUT2D eigenvalue weighted by molar-refractivity contribution is 0.775. The van der Waals surface area contributed by atoms with E-state index in [-0.39, 0.29) is 0 Å². The second-order valence-electron chi connectivity index (χ2n) is 13.2. The first kappa shape index (κ1) is 27.0. The van der Waals surface area contributed by atoms with Gasteiger partial charge < -0.3 is 4.90 Å². The molecule has 0 amide bonds. The van der Waals surface area contributed by atoms with E-state index in [0.717, 1.165) is 17.1 Å². The van der Waals surface area contributed by atoms with Crippen LogP contribution < -0.4 is 4.90 Å². The maximum atomic E-state index is 2.54. The Morgan fingerprint density at radius 1 is 0.367 bits per heavy atom. The Bertz CT molecular complexity index is 2680. The highest BCUT2D eigenvalue weighted by Gasteiger charge is 2.50. The van der Waals surface area contributed by atoms with Crippen molar-refractivity contribution < 1.29 is 0 Å². The van der Waals surface area contributed by atoms with Crippen LogP contribution in [0.2, 0.25) is 0 Å². The summed E-state index contributed by atoms with van der Waals surface area (Å²) in [6.45, 7) is 0. The Balaban J connectivity index is 1.22. The van der Waals surface area contributed by atoms with E-state index in [1.807, 2.05) is 11.3 Å². The number of fused-ring (bicyclic) bond motifs is 12. The molecular formula is C47H29NS. The molecule has 1 nitrogen and oxygen atoms in total. The third-order valence-electron chi connectivity index (χ3n) is 10.8. The van der Waals surface area contributed by atoms with Crippen LogP contribution in [0.15, 0.2) is 176 Å². The molecule has 228 valence electrons. The standard InChI is InChI=1S/C47H29NS/c1-3-15-31(16-4-1)48(32-17-5-2-6-18-32)33-25-26-36-39-28-43-38(29-45(39)49-44(36)27-33)37-21-11-13-30-14-12-24-42(46(30)37)47(43)40-22-9-7-19-34(40)35-20-8-10-23-41(35)47/h1-29H. The Hall–Kier alpha value is -5.96. The summed E-state index contributed by atoms with van der Waals surface area (Å²) < 4.78 is 2.62. The van der Waals surface area contributed by atoms with Gasteiger partial charge in [-0.1, -0.05) is 127 Å². The van der Waals surface area contributed by atoms with Crippen molar-refractivity contribution in [1.29, 1.82) is 0 Å². The molecule has 11 rings (SSSR count). The normalized spacial score (nSPS) is 13.5. The Kier molecular flexibility index (Phi) is 5.53. The van der Waals surface area contributed by atoms with Gasteiger partial charge in [-0.3, -0.25) is 0 Å². The van der Waals surface area contributed by atoms with Crippen molar-refractivity contribution in [2.75, 3.05) is 4.90 Å². The van der Waals surface area contributed by atoms with Crippen LogP contribution >= 0.6 is 11.3 Å². The minimum Gasteiger partial charge on any atom is -0.310 e. The van der Waals surface area contributed by atoms with Crippen LogP contribution in [0.1, 0.15) is 22.3 Å². The van der Waals surface area contributed by atoms with Gasteiger partial charge in [-0.05, 0) is 104 Å². The molecule has 2 aliphatic carbocycles. The lowest BCUT2D eigenvalue weighted by Gasteiger charge is -2.40. The first-order chi connectivity index (χ1) is 24.3. The van der Waals surface area contributed by atoms with Gasteiger partial charge in [0.2, 0.25) is 0 Å². The molecule has 0 saturated carbocycles. The first-order valence-corrected chi connectivity index (χ1v) is 17.8. The zero-order chi connectivity index (χ0) is 32.1. The Morgan fingerprint density at radius 2 is 0.939 bits per heavy atom. The molecular weight excluding hydrogens is 611 g/mol. The van der Waals surface area contributed by atoms with Crippen LogP contribution in [0.4, 0.5) is 17.1 Å². The SMILES string of the molecule is c1ccc(N(c2ccccc2)c2ccc3c(c2)sc2cc4c(cc23)C2(c3ccccc3-c3ccccc32)c2cccc3cccc-4c23)cc1. The summed E-state index contributed by atoms with van der Waals surface area (Å²) in [5, 5.41) is 5.29. The molecule has 2 aliphatic rings. The van der Waals surface area contributed by atoms with E-state index < -0.39 is 5.41 Å². The number of anilines is 3. The summed E-state index contributed by atoms with van der Waals surface area (Å²) >= 11 is 1.90. The van der Waals surface area contributed by atoms with Gasteiger partial charge in [-0.2, -0.15) is 0 Å². The molecule has 2 heteroatoms. The Morgan fingerprint density at radius 3 is 1.63 bits per heavy atom. The van der Waals surface area contributed by atoms with E-state index in [1.54, 1.807) is 0 Å². The van der Waals surface area contributed by atoms with E-state index in [2.05, 4.69) is 181 Å². The van der Waals surface area contributed by atoms with E-state index in [4.69, 9.17) is 0 Å². The predicted octanol–water partition coefficient (Wildman–Crippen LogP) is 13.0. The fraction of sp³-hybridized carbons (Fsp3) is 0.0213. The van der Waals surface area contributed by atoms with Gasteiger partial charge in [0, 0.05) is 37.2 Å². The maximum Gasteiger partial charge on any atom is 0.0725 e. The largest absolute Gasteiger partial charge is 0.310 e. The van der Waals surface area contributed by atoms with Crippen LogP contribution in [-0.2, 0) is 5.41 Å². The van der Waals surface area contributed by atoms with Crippen molar-refractivity contribution in [3.8, 4) is 22.3 Å². The molecule has 0 N–H and O–H groups in total. The quantitative estimate of drug-likeness (QED) is 0.186. The number of nitrogens with zero attached hydrogens (tertiary/aromatic N) is 1. The molecule has 0 atom stereocenters. The summed E-state index contributed by atoms with van der Waals surface area (Å²) in [4.78, 5) is 2.35. The smallest absolute Gasteiger partial charge is 0.0725 e. The third kappa shape index (κ3) is 3.59. The summed E-state index contributed by atoms with van der Waals surface area (Å²) in [5.41, 5.74) is 13.9. The zero-order valence-electron chi connectivity index (χ0n) is 26.6. The van der Waals surface area contributed by atoms with E-state index in [1.165, 1.54) is 75.5 Å². The molecule has 8 aromatic carbocycles. The molecule has 0 aliphatic heterocycles. The predicted molar refractivity (Wildman–Crippen MR) is 208 cm³/mol. The lowest BCUT2D eigenvalue weighted by atomic mass is 9.61.